The van der Waals surface area contributed by atoms with Crippen LogP contribution in [0.3, 0.4) is 0 Å². The minimum absolute atomic E-state index is 0.433. The molecule has 0 amide bonds. The predicted octanol–water partition coefficient (Wildman–Crippen LogP) is 3.65. The van der Waals surface area contributed by atoms with E-state index >= 15 is 0 Å². The SMILES string of the molecule is COc1ccc(N2Cc3ccccc3N3CCCC23)cc1OC. The van der Waals surface area contributed by atoms with Crippen LogP contribution in [-0.4, -0.2) is 26.9 Å². The number of para-hydroxylation sites is 1. The summed E-state index contributed by atoms with van der Waals surface area (Å²) in [6, 6.07) is 15.0. The van der Waals surface area contributed by atoms with E-state index in [-0.39, 0.29) is 0 Å². The van der Waals surface area contributed by atoms with Gasteiger partial charge in [-0.1, -0.05) is 18.2 Å². The number of rotatable bonds is 3. The molecular weight excluding hydrogens is 288 g/mol. The Morgan fingerprint density at radius 1 is 0.957 bits per heavy atom. The average Bonchev–Trinajstić information content (AvgIpc) is 3.10. The van der Waals surface area contributed by atoms with Crippen molar-refractivity contribution in [3.8, 4) is 11.5 Å². The lowest BCUT2D eigenvalue weighted by molar-refractivity contribution is 0.355. The first kappa shape index (κ1) is 14.2. The molecule has 1 fully saturated rings. The summed E-state index contributed by atoms with van der Waals surface area (Å²) < 4.78 is 10.9. The van der Waals surface area contributed by atoms with Crippen LogP contribution in [0, 0.1) is 0 Å². The monoisotopic (exact) mass is 310 g/mol. The molecule has 2 heterocycles. The Morgan fingerprint density at radius 3 is 2.61 bits per heavy atom. The Bertz CT molecular complexity index is 716. The normalized spacial score (nSPS) is 19.3. The van der Waals surface area contributed by atoms with Gasteiger partial charge in [0, 0.05) is 30.5 Å². The van der Waals surface area contributed by atoms with Crippen molar-refractivity contribution in [1.29, 1.82) is 0 Å². The lowest BCUT2D eigenvalue weighted by Crippen LogP contribution is -2.48. The zero-order chi connectivity index (χ0) is 15.8. The average molecular weight is 310 g/mol. The minimum Gasteiger partial charge on any atom is -0.493 e. The van der Waals surface area contributed by atoms with Crippen molar-refractivity contribution < 1.29 is 9.47 Å². The molecule has 2 aliphatic rings. The highest BCUT2D eigenvalue weighted by Gasteiger charge is 2.35. The Balaban J connectivity index is 1.75. The Morgan fingerprint density at radius 2 is 1.78 bits per heavy atom. The van der Waals surface area contributed by atoms with Crippen LogP contribution in [0.4, 0.5) is 11.4 Å². The van der Waals surface area contributed by atoms with Gasteiger partial charge < -0.3 is 19.3 Å². The van der Waals surface area contributed by atoms with E-state index in [1.165, 1.54) is 29.8 Å². The van der Waals surface area contributed by atoms with Gasteiger partial charge in [0.15, 0.2) is 11.5 Å². The first-order chi connectivity index (χ1) is 11.3. The van der Waals surface area contributed by atoms with E-state index in [1.807, 2.05) is 6.07 Å². The molecule has 0 N–H and O–H groups in total. The molecule has 0 bridgehead atoms. The van der Waals surface area contributed by atoms with E-state index in [9.17, 15) is 0 Å². The van der Waals surface area contributed by atoms with Crippen molar-refractivity contribution >= 4 is 11.4 Å². The summed E-state index contributed by atoms with van der Waals surface area (Å²) in [6.07, 6.45) is 2.87. The topological polar surface area (TPSA) is 24.9 Å². The molecule has 0 aromatic heterocycles. The number of methoxy groups -OCH3 is 2. The van der Waals surface area contributed by atoms with Crippen molar-refractivity contribution in [3.63, 3.8) is 0 Å². The highest BCUT2D eigenvalue weighted by molar-refractivity contribution is 5.65. The zero-order valence-electron chi connectivity index (χ0n) is 13.7. The van der Waals surface area contributed by atoms with Gasteiger partial charge in [0.2, 0.25) is 0 Å². The highest BCUT2D eigenvalue weighted by Crippen LogP contribution is 2.40. The number of hydrogen-bond donors (Lipinski definition) is 0. The molecule has 0 spiro atoms. The van der Waals surface area contributed by atoms with Crippen LogP contribution >= 0.6 is 0 Å². The van der Waals surface area contributed by atoms with Gasteiger partial charge >= 0.3 is 0 Å². The van der Waals surface area contributed by atoms with Crippen molar-refractivity contribution in [2.24, 2.45) is 0 Å². The van der Waals surface area contributed by atoms with Crippen molar-refractivity contribution in [1.82, 2.24) is 0 Å². The largest absolute Gasteiger partial charge is 0.493 e. The van der Waals surface area contributed by atoms with Gasteiger partial charge in [-0.2, -0.15) is 0 Å². The molecular formula is C19H22N2O2. The molecule has 0 saturated carbocycles. The number of benzene rings is 2. The molecule has 4 rings (SSSR count). The quantitative estimate of drug-likeness (QED) is 0.864. The predicted molar refractivity (Wildman–Crippen MR) is 92.5 cm³/mol. The minimum atomic E-state index is 0.433. The molecule has 1 saturated heterocycles. The first-order valence-corrected chi connectivity index (χ1v) is 8.15. The summed E-state index contributed by atoms with van der Waals surface area (Å²) >= 11 is 0. The molecule has 2 aliphatic heterocycles. The Kier molecular flexibility index (Phi) is 3.52. The Labute approximate surface area is 137 Å². The van der Waals surface area contributed by atoms with Crippen LogP contribution in [-0.2, 0) is 6.54 Å². The lowest BCUT2D eigenvalue weighted by atomic mass is 10.1. The number of nitrogens with zero attached hydrogens (tertiary/aromatic N) is 2. The van der Waals surface area contributed by atoms with Crippen LogP contribution in [0.2, 0.25) is 0 Å². The first-order valence-electron chi connectivity index (χ1n) is 8.15. The molecule has 0 aliphatic carbocycles. The number of hydrogen-bond acceptors (Lipinski definition) is 4. The summed E-state index contributed by atoms with van der Waals surface area (Å²) in [4.78, 5) is 5.02. The maximum atomic E-state index is 5.48. The van der Waals surface area contributed by atoms with Gasteiger partial charge in [0.05, 0.1) is 14.2 Å². The highest BCUT2D eigenvalue weighted by atomic mass is 16.5. The van der Waals surface area contributed by atoms with Gasteiger partial charge in [0.1, 0.15) is 6.17 Å². The van der Waals surface area contributed by atoms with Crippen molar-refractivity contribution in [2.45, 2.75) is 25.6 Å². The van der Waals surface area contributed by atoms with Gasteiger partial charge in [0.25, 0.3) is 0 Å². The molecule has 23 heavy (non-hydrogen) atoms. The summed E-state index contributed by atoms with van der Waals surface area (Å²) in [5, 5.41) is 0. The second kappa shape index (κ2) is 5.69. The van der Waals surface area contributed by atoms with Crippen LogP contribution < -0.4 is 19.3 Å². The molecule has 1 atom stereocenters. The van der Waals surface area contributed by atoms with Crippen molar-refractivity contribution in [2.75, 3.05) is 30.6 Å². The zero-order valence-corrected chi connectivity index (χ0v) is 13.7. The third kappa shape index (κ3) is 2.29. The fourth-order valence-corrected chi connectivity index (χ4v) is 3.83. The van der Waals surface area contributed by atoms with Crippen LogP contribution in [0.5, 0.6) is 11.5 Å². The standard InChI is InChI=1S/C19H22N2O2/c1-22-17-10-9-15(12-18(17)23-2)21-13-14-6-3-4-7-16(14)20-11-5-8-19(20)21/h3-4,6-7,9-10,12,19H,5,8,11,13H2,1-2H3. The maximum absolute atomic E-state index is 5.48. The van der Waals surface area contributed by atoms with E-state index in [1.54, 1.807) is 14.2 Å². The van der Waals surface area contributed by atoms with E-state index in [0.29, 0.717) is 6.17 Å². The molecule has 1 unspecified atom stereocenters. The number of ether oxygens (including phenoxy) is 2. The molecule has 2 aromatic carbocycles. The summed E-state index contributed by atoms with van der Waals surface area (Å²) in [7, 11) is 3.36. The summed E-state index contributed by atoms with van der Waals surface area (Å²) in [6.45, 7) is 2.07. The van der Waals surface area contributed by atoms with E-state index in [2.05, 4.69) is 46.2 Å². The Hall–Kier alpha value is -2.36. The van der Waals surface area contributed by atoms with E-state index < -0.39 is 0 Å². The molecule has 4 heteroatoms. The van der Waals surface area contributed by atoms with Crippen LogP contribution in [0.1, 0.15) is 18.4 Å². The van der Waals surface area contributed by atoms with E-state index in [4.69, 9.17) is 9.47 Å². The molecule has 120 valence electrons. The molecule has 4 nitrogen and oxygen atoms in total. The van der Waals surface area contributed by atoms with Crippen molar-refractivity contribution in [3.05, 3.63) is 48.0 Å². The fourth-order valence-electron chi connectivity index (χ4n) is 3.83. The van der Waals surface area contributed by atoms with Gasteiger partial charge in [-0.05, 0) is 36.6 Å². The second-order valence-electron chi connectivity index (χ2n) is 6.11. The fraction of sp³-hybridized carbons (Fsp3) is 0.368. The summed E-state index contributed by atoms with van der Waals surface area (Å²) in [5.41, 5.74) is 3.97. The van der Waals surface area contributed by atoms with Crippen LogP contribution in [0.15, 0.2) is 42.5 Å². The second-order valence-corrected chi connectivity index (χ2v) is 6.11. The summed E-state index contributed by atoms with van der Waals surface area (Å²) in [5.74, 6) is 1.56. The van der Waals surface area contributed by atoms with Gasteiger partial charge in [-0.25, -0.2) is 0 Å². The van der Waals surface area contributed by atoms with Gasteiger partial charge in [-0.15, -0.1) is 0 Å². The molecule has 2 aromatic rings. The third-order valence-corrected chi connectivity index (χ3v) is 4.92. The number of anilines is 2. The smallest absolute Gasteiger partial charge is 0.162 e. The third-order valence-electron chi connectivity index (χ3n) is 4.92. The number of fused-ring (bicyclic) bond motifs is 3. The molecule has 0 radical (unpaired) electrons. The lowest BCUT2D eigenvalue weighted by Gasteiger charge is -2.43. The van der Waals surface area contributed by atoms with Gasteiger partial charge in [-0.3, -0.25) is 0 Å². The van der Waals surface area contributed by atoms with Crippen LogP contribution in [0.25, 0.3) is 0 Å². The van der Waals surface area contributed by atoms with E-state index in [0.717, 1.165) is 24.6 Å². The maximum Gasteiger partial charge on any atom is 0.162 e.